The molecule has 0 saturated heterocycles. The van der Waals surface area contributed by atoms with Crippen LogP contribution < -0.4 is 4.74 Å². The lowest BCUT2D eigenvalue weighted by Gasteiger charge is -2.41. The molecule has 0 aliphatic carbocycles. The molecule has 0 radical (unpaired) electrons. The first kappa shape index (κ1) is 38.9. The van der Waals surface area contributed by atoms with E-state index in [1.807, 2.05) is 12.1 Å². The number of ether oxygens (including phenoxy) is 2. The lowest BCUT2D eigenvalue weighted by atomic mass is 9.83. The van der Waals surface area contributed by atoms with Gasteiger partial charge >= 0.3 is 23.1 Å². The molecule has 0 spiro atoms. The molecule has 270 valence electrons. The molecule has 0 aromatic heterocycles. The van der Waals surface area contributed by atoms with Crippen molar-refractivity contribution < 1.29 is 26.6 Å². The summed E-state index contributed by atoms with van der Waals surface area (Å²) in [4.78, 5) is 11.8. The van der Waals surface area contributed by atoms with Gasteiger partial charge in [-0.15, -0.1) is 0 Å². The van der Waals surface area contributed by atoms with E-state index in [1.54, 1.807) is 6.92 Å². The summed E-state index contributed by atoms with van der Waals surface area (Å²) >= 11 is 0. The monoisotopic (exact) mass is 754 g/mol. The summed E-state index contributed by atoms with van der Waals surface area (Å²) in [6.07, 6.45) is 5.24. The summed E-state index contributed by atoms with van der Waals surface area (Å²) in [5, 5.41) is 2.25. The second-order valence-corrected chi connectivity index (χ2v) is 31.7. The molecular formula is C41H54O6Si4. The first-order valence-corrected chi connectivity index (χ1v) is 29.7. The Kier molecular flexibility index (Phi) is 11.7. The van der Waals surface area contributed by atoms with E-state index in [2.05, 4.69) is 150 Å². The number of esters is 1. The number of fused-ring (bicyclic) bond motifs is 3. The molecule has 1 aliphatic rings. The molecule has 10 heteroatoms. The van der Waals surface area contributed by atoms with Crippen LogP contribution in [0.1, 0.15) is 35.6 Å². The Morgan fingerprint density at radius 3 is 1.88 bits per heavy atom. The molecule has 0 N–H and O–H groups in total. The molecule has 0 unspecified atom stereocenters. The fourth-order valence-corrected chi connectivity index (χ4v) is 26.7. The zero-order valence-corrected chi connectivity index (χ0v) is 35.8. The minimum Gasteiger partial charge on any atom is -0.472 e. The van der Waals surface area contributed by atoms with Gasteiger partial charge in [0.25, 0.3) is 0 Å². The maximum absolute atomic E-state index is 11.8. The van der Waals surface area contributed by atoms with Gasteiger partial charge in [-0.1, -0.05) is 104 Å². The third-order valence-corrected chi connectivity index (χ3v) is 24.0. The van der Waals surface area contributed by atoms with Gasteiger partial charge in [0.2, 0.25) is 0 Å². The maximum atomic E-state index is 11.8. The van der Waals surface area contributed by atoms with Crippen molar-refractivity contribution in [3.8, 4) is 5.75 Å². The maximum Gasteiger partial charge on any atom is 0.333 e. The van der Waals surface area contributed by atoms with E-state index in [4.69, 9.17) is 21.8 Å². The van der Waals surface area contributed by atoms with Crippen LogP contribution in [0.2, 0.25) is 58.4 Å². The van der Waals surface area contributed by atoms with Crippen LogP contribution in [0.3, 0.4) is 0 Å². The molecule has 0 bridgehead atoms. The van der Waals surface area contributed by atoms with Gasteiger partial charge in [-0.3, -0.25) is 0 Å². The second kappa shape index (κ2) is 15.3. The van der Waals surface area contributed by atoms with Crippen molar-refractivity contribution in [1.29, 1.82) is 0 Å². The van der Waals surface area contributed by atoms with Gasteiger partial charge in [0.05, 0.1) is 6.61 Å². The van der Waals surface area contributed by atoms with E-state index in [0.717, 1.165) is 51.7 Å². The highest BCUT2D eigenvalue weighted by molar-refractivity contribution is 6.89. The first-order chi connectivity index (χ1) is 23.9. The van der Waals surface area contributed by atoms with Gasteiger partial charge in [0.1, 0.15) is 5.75 Å². The molecule has 51 heavy (non-hydrogen) atoms. The van der Waals surface area contributed by atoms with Crippen LogP contribution in [0.15, 0.2) is 109 Å². The third-order valence-electron chi connectivity index (χ3n) is 8.94. The SMILES string of the molecule is C=C(C)C(=O)OCCC[Si](C)(C)O[Si](C)(C)O[Si](C)(C)O[Si](C)(C)Cc1cc2ccccc2c2c1C=CC(c1ccccc1)(c1ccccc1)O2. The Labute approximate surface area is 309 Å². The van der Waals surface area contributed by atoms with Gasteiger partial charge < -0.3 is 21.8 Å². The summed E-state index contributed by atoms with van der Waals surface area (Å²) in [5.74, 6) is 0.560. The van der Waals surface area contributed by atoms with E-state index in [0.29, 0.717) is 12.2 Å². The van der Waals surface area contributed by atoms with Crippen LogP contribution in [0.5, 0.6) is 5.75 Å². The standard InChI is InChI=1S/C41H54O6Si4/c1-32(2)40(42)43-28-19-29-48(3,4)45-50(7,8)47-51(9,10)46-49(5,6)31-34-30-33-20-17-18-25-37(33)39-38(34)26-27-41(44-39,35-21-13-11-14-22-35)36-23-15-12-16-24-36/h11-18,20-27,30H,1,19,28-29,31H2,2-10H3. The zero-order chi connectivity index (χ0) is 37.1. The van der Waals surface area contributed by atoms with Crippen LogP contribution in [-0.2, 0) is 33.5 Å². The third kappa shape index (κ3) is 9.75. The number of carbonyl (C=O) groups is 1. The van der Waals surface area contributed by atoms with Crippen molar-refractivity contribution in [1.82, 2.24) is 0 Å². The lowest BCUT2D eigenvalue weighted by molar-refractivity contribution is -0.138. The molecule has 0 amide bonds. The Morgan fingerprint density at radius 1 is 0.745 bits per heavy atom. The van der Waals surface area contributed by atoms with Crippen LogP contribution >= 0.6 is 0 Å². The predicted molar refractivity (Wildman–Crippen MR) is 219 cm³/mol. The highest BCUT2D eigenvalue weighted by Crippen LogP contribution is 2.46. The van der Waals surface area contributed by atoms with E-state index < -0.39 is 39.4 Å². The summed E-state index contributed by atoms with van der Waals surface area (Å²) in [6.45, 7) is 23.3. The van der Waals surface area contributed by atoms with Crippen molar-refractivity contribution in [2.75, 3.05) is 6.61 Å². The van der Waals surface area contributed by atoms with Crippen molar-refractivity contribution in [3.05, 3.63) is 131 Å². The number of benzene rings is 4. The first-order valence-electron chi connectivity index (χ1n) is 17.9. The fourth-order valence-electron chi connectivity index (χ4n) is 7.37. The van der Waals surface area contributed by atoms with Crippen molar-refractivity contribution in [3.63, 3.8) is 0 Å². The van der Waals surface area contributed by atoms with Gasteiger partial charge in [0.15, 0.2) is 22.2 Å². The van der Waals surface area contributed by atoms with Crippen molar-refractivity contribution >= 4 is 56.6 Å². The minimum atomic E-state index is -2.60. The predicted octanol–water partition coefficient (Wildman–Crippen LogP) is 10.6. The van der Waals surface area contributed by atoms with Gasteiger partial charge in [-0.25, -0.2) is 4.79 Å². The number of hydrogen-bond donors (Lipinski definition) is 0. The highest BCUT2D eigenvalue weighted by atomic mass is 28.5. The lowest BCUT2D eigenvalue weighted by Crippen LogP contribution is -2.56. The zero-order valence-electron chi connectivity index (χ0n) is 31.8. The number of rotatable bonds is 15. The molecule has 5 rings (SSSR count). The summed E-state index contributed by atoms with van der Waals surface area (Å²) in [6, 6.07) is 33.5. The summed E-state index contributed by atoms with van der Waals surface area (Å²) in [7, 11) is -9.55. The molecule has 0 atom stereocenters. The Hall–Kier alpha value is -3.36. The molecule has 1 aliphatic heterocycles. The summed E-state index contributed by atoms with van der Waals surface area (Å²) < 4.78 is 33.4. The van der Waals surface area contributed by atoms with Gasteiger partial charge in [-0.2, -0.15) is 0 Å². The molecule has 0 saturated carbocycles. The highest BCUT2D eigenvalue weighted by Gasteiger charge is 2.44. The minimum absolute atomic E-state index is 0.342. The molecule has 6 nitrogen and oxygen atoms in total. The average molecular weight is 755 g/mol. The molecule has 4 aromatic carbocycles. The Bertz CT molecular complexity index is 1850. The molecule has 4 aromatic rings. The largest absolute Gasteiger partial charge is 0.472 e. The van der Waals surface area contributed by atoms with Crippen molar-refractivity contribution in [2.45, 2.75) is 83.4 Å². The molecular weight excluding hydrogens is 701 g/mol. The van der Waals surface area contributed by atoms with Gasteiger partial charge in [-0.05, 0) is 94.8 Å². The molecule has 0 fully saturated rings. The second-order valence-electron chi connectivity index (χ2n) is 15.7. The van der Waals surface area contributed by atoms with E-state index in [9.17, 15) is 4.79 Å². The summed E-state index contributed by atoms with van der Waals surface area (Å²) in [5.41, 5.74) is 4.17. The van der Waals surface area contributed by atoms with Crippen LogP contribution in [0, 0.1) is 0 Å². The van der Waals surface area contributed by atoms with E-state index in [-0.39, 0.29) is 5.97 Å². The fraction of sp³-hybridized carbons (Fsp3) is 0.341. The van der Waals surface area contributed by atoms with Crippen molar-refractivity contribution in [2.24, 2.45) is 0 Å². The van der Waals surface area contributed by atoms with Crippen LogP contribution in [0.4, 0.5) is 0 Å². The van der Waals surface area contributed by atoms with E-state index in [1.165, 1.54) is 5.56 Å². The normalized spacial score (nSPS) is 14.5. The quantitative estimate of drug-likeness (QED) is 0.0521. The molecule has 1 heterocycles. The topological polar surface area (TPSA) is 63.2 Å². The Balaban J connectivity index is 1.36. The van der Waals surface area contributed by atoms with Crippen LogP contribution in [0.25, 0.3) is 16.8 Å². The number of carbonyl (C=O) groups excluding carboxylic acids is 1. The Morgan fingerprint density at radius 2 is 1.29 bits per heavy atom. The van der Waals surface area contributed by atoms with Gasteiger partial charge in [0, 0.05) is 27.6 Å². The average Bonchev–Trinajstić information content (AvgIpc) is 3.05. The van der Waals surface area contributed by atoms with E-state index >= 15 is 0 Å². The smallest absolute Gasteiger partial charge is 0.333 e. The number of hydrogen-bond acceptors (Lipinski definition) is 6. The van der Waals surface area contributed by atoms with Crippen LogP contribution in [-0.4, -0.2) is 46.3 Å².